The molecule has 4 rings (SSSR count). The van der Waals surface area contributed by atoms with E-state index in [0.717, 1.165) is 0 Å². The molecule has 0 aliphatic heterocycles. The summed E-state index contributed by atoms with van der Waals surface area (Å²) >= 11 is 12.1. The van der Waals surface area contributed by atoms with Gasteiger partial charge in [0, 0.05) is 30.8 Å². The third kappa shape index (κ3) is 5.51. The molecular weight excluding hydrogens is 467 g/mol. The van der Waals surface area contributed by atoms with Gasteiger partial charge in [-0.1, -0.05) is 35.3 Å². The molecule has 2 aromatic heterocycles. The van der Waals surface area contributed by atoms with Gasteiger partial charge >= 0.3 is 0 Å². The van der Waals surface area contributed by atoms with E-state index in [1.54, 1.807) is 78.7 Å². The number of rotatable bonds is 7. The molecule has 0 bridgehead atoms. The van der Waals surface area contributed by atoms with Crippen LogP contribution in [0.5, 0.6) is 5.75 Å². The summed E-state index contributed by atoms with van der Waals surface area (Å²) in [6.07, 6.45) is 3.29. The summed E-state index contributed by atoms with van der Waals surface area (Å²) in [4.78, 5) is 24.9. The quantitative estimate of drug-likeness (QED) is 0.402. The lowest BCUT2D eigenvalue weighted by Gasteiger charge is -2.09. The Morgan fingerprint density at radius 1 is 0.909 bits per heavy atom. The molecule has 0 saturated heterocycles. The largest absolute Gasteiger partial charge is 0.470 e. The number of benzene rings is 2. The summed E-state index contributed by atoms with van der Waals surface area (Å²) in [6, 6.07) is 15.0. The lowest BCUT2D eigenvalue weighted by atomic mass is 10.2. The zero-order valence-electron chi connectivity index (χ0n) is 17.3. The van der Waals surface area contributed by atoms with Crippen LogP contribution in [0, 0.1) is 0 Å². The summed E-state index contributed by atoms with van der Waals surface area (Å²) in [5.41, 5.74) is 1.49. The molecule has 0 aliphatic carbocycles. The summed E-state index contributed by atoms with van der Waals surface area (Å²) in [5, 5.41) is 14.5. The molecule has 0 spiro atoms. The highest BCUT2D eigenvalue weighted by Gasteiger charge is 2.13. The lowest BCUT2D eigenvalue weighted by Crippen LogP contribution is -2.15. The Hall–Kier alpha value is -3.82. The predicted octanol–water partition coefficient (Wildman–Crippen LogP) is 4.46. The second-order valence-corrected chi connectivity index (χ2v) is 7.71. The van der Waals surface area contributed by atoms with Crippen molar-refractivity contribution in [2.45, 2.75) is 6.73 Å². The van der Waals surface area contributed by atoms with Crippen LogP contribution in [-0.4, -0.2) is 31.4 Å². The highest BCUT2D eigenvalue weighted by molar-refractivity contribution is 6.42. The van der Waals surface area contributed by atoms with E-state index in [1.165, 1.54) is 4.68 Å². The molecule has 2 amide bonds. The van der Waals surface area contributed by atoms with E-state index in [1.807, 2.05) is 0 Å². The average molecular weight is 485 g/mol. The Bertz CT molecular complexity index is 1320. The standard InChI is InChI=1S/C22H18Cl2N6O3/c1-29-10-8-17(27-29)21(31)25-14-4-2-5-15(12-14)26-22(32)18-9-11-30(28-18)13-33-19-7-3-6-16(23)20(19)24/h2-12H,13H2,1H3,(H,25,31)(H,26,32). The predicted molar refractivity (Wildman–Crippen MR) is 125 cm³/mol. The van der Waals surface area contributed by atoms with Gasteiger partial charge in [-0.25, -0.2) is 4.68 Å². The molecule has 0 aliphatic rings. The first-order chi connectivity index (χ1) is 15.9. The number of hydrogen-bond acceptors (Lipinski definition) is 5. The third-order valence-corrected chi connectivity index (χ3v) is 5.27. The summed E-state index contributed by atoms with van der Waals surface area (Å²) in [6.45, 7) is 0.0440. The maximum atomic E-state index is 12.6. The Kier molecular flexibility index (Phi) is 6.62. The highest BCUT2D eigenvalue weighted by Crippen LogP contribution is 2.31. The zero-order valence-corrected chi connectivity index (χ0v) is 18.8. The number of ether oxygens (including phenoxy) is 1. The number of carbonyl (C=O) groups is 2. The molecule has 2 aromatic carbocycles. The summed E-state index contributed by atoms with van der Waals surface area (Å²) < 4.78 is 8.61. The van der Waals surface area contributed by atoms with Crippen molar-refractivity contribution in [2.24, 2.45) is 7.05 Å². The van der Waals surface area contributed by atoms with E-state index in [0.29, 0.717) is 32.9 Å². The number of amides is 2. The molecule has 4 aromatic rings. The van der Waals surface area contributed by atoms with Crippen LogP contribution in [0.15, 0.2) is 67.0 Å². The first-order valence-electron chi connectivity index (χ1n) is 9.72. The number of carbonyl (C=O) groups excluding carboxylic acids is 2. The number of nitrogens with one attached hydrogen (secondary N) is 2. The van der Waals surface area contributed by atoms with Crippen LogP contribution in [0.3, 0.4) is 0 Å². The molecule has 168 valence electrons. The van der Waals surface area contributed by atoms with Crippen molar-refractivity contribution in [1.29, 1.82) is 0 Å². The van der Waals surface area contributed by atoms with Crippen molar-refractivity contribution in [2.75, 3.05) is 10.6 Å². The van der Waals surface area contributed by atoms with Gasteiger partial charge in [0.1, 0.15) is 10.8 Å². The van der Waals surface area contributed by atoms with Crippen LogP contribution in [-0.2, 0) is 13.8 Å². The van der Waals surface area contributed by atoms with Crippen LogP contribution < -0.4 is 15.4 Å². The molecule has 2 heterocycles. The van der Waals surface area contributed by atoms with Crippen LogP contribution in [0.4, 0.5) is 11.4 Å². The summed E-state index contributed by atoms with van der Waals surface area (Å²) in [7, 11) is 1.73. The molecule has 0 unspecified atom stereocenters. The van der Waals surface area contributed by atoms with E-state index < -0.39 is 5.91 Å². The minimum absolute atomic E-state index is 0.0440. The summed E-state index contributed by atoms with van der Waals surface area (Å²) in [5.74, 6) is -0.351. The van der Waals surface area contributed by atoms with Crippen LogP contribution in [0.25, 0.3) is 0 Å². The Morgan fingerprint density at radius 2 is 1.55 bits per heavy atom. The normalized spacial score (nSPS) is 10.6. The van der Waals surface area contributed by atoms with Gasteiger partial charge in [-0.2, -0.15) is 10.2 Å². The van der Waals surface area contributed by atoms with Crippen molar-refractivity contribution in [3.63, 3.8) is 0 Å². The fourth-order valence-corrected chi connectivity index (χ4v) is 3.23. The molecule has 2 N–H and O–H groups in total. The van der Waals surface area contributed by atoms with Gasteiger partial charge in [0.25, 0.3) is 11.8 Å². The number of halogens is 2. The molecule has 0 saturated carbocycles. The first-order valence-corrected chi connectivity index (χ1v) is 10.5. The highest BCUT2D eigenvalue weighted by atomic mass is 35.5. The molecular formula is C22H18Cl2N6O3. The molecule has 0 atom stereocenters. The topological polar surface area (TPSA) is 103 Å². The van der Waals surface area contributed by atoms with Crippen LogP contribution >= 0.6 is 23.2 Å². The minimum atomic E-state index is -0.414. The lowest BCUT2D eigenvalue weighted by molar-refractivity contribution is 0.101. The van der Waals surface area contributed by atoms with Gasteiger partial charge in [0.05, 0.1) is 5.02 Å². The van der Waals surface area contributed by atoms with Crippen molar-refractivity contribution in [3.8, 4) is 5.75 Å². The van der Waals surface area contributed by atoms with Gasteiger partial charge in [-0.05, 0) is 42.5 Å². The Labute approximate surface area is 198 Å². The average Bonchev–Trinajstić information content (AvgIpc) is 3.44. The molecule has 9 nitrogen and oxygen atoms in total. The van der Waals surface area contributed by atoms with E-state index in [9.17, 15) is 9.59 Å². The smallest absolute Gasteiger partial charge is 0.276 e. The van der Waals surface area contributed by atoms with E-state index in [-0.39, 0.29) is 18.3 Å². The van der Waals surface area contributed by atoms with Crippen molar-refractivity contribution in [3.05, 3.63) is 88.4 Å². The monoisotopic (exact) mass is 484 g/mol. The van der Waals surface area contributed by atoms with Gasteiger partial charge < -0.3 is 15.4 Å². The van der Waals surface area contributed by atoms with Gasteiger partial charge in [0.2, 0.25) is 0 Å². The van der Waals surface area contributed by atoms with Crippen molar-refractivity contribution < 1.29 is 14.3 Å². The van der Waals surface area contributed by atoms with Gasteiger partial charge in [-0.15, -0.1) is 0 Å². The zero-order chi connectivity index (χ0) is 23.4. The van der Waals surface area contributed by atoms with Crippen LogP contribution in [0.2, 0.25) is 10.0 Å². The number of aromatic nitrogens is 4. The molecule has 33 heavy (non-hydrogen) atoms. The maximum Gasteiger partial charge on any atom is 0.276 e. The number of aryl methyl sites for hydroxylation is 1. The maximum absolute atomic E-state index is 12.6. The van der Waals surface area contributed by atoms with E-state index in [2.05, 4.69) is 20.8 Å². The van der Waals surface area contributed by atoms with Crippen molar-refractivity contribution in [1.82, 2.24) is 19.6 Å². The SMILES string of the molecule is Cn1ccc(C(=O)Nc2cccc(NC(=O)c3ccn(COc4cccc(Cl)c4Cl)n3)c2)n1. The number of nitrogens with zero attached hydrogens (tertiary/aromatic N) is 4. The second kappa shape index (κ2) is 9.76. The second-order valence-electron chi connectivity index (χ2n) is 6.93. The Balaban J connectivity index is 1.36. The van der Waals surface area contributed by atoms with Crippen molar-refractivity contribution >= 4 is 46.4 Å². The fourth-order valence-electron chi connectivity index (χ4n) is 2.89. The molecule has 0 radical (unpaired) electrons. The number of hydrogen-bond donors (Lipinski definition) is 2. The fraction of sp³-hybridized carbons (Fsp3) is 0.0909. The van der Waals surface area contributed by atoms with Gasteiger partial charge in [0.15, 0.2) is 18.1 Å². The minimum Gasteiger partial charge on any atom is -0.470 e. The third-order valence-electron chi connectivity index (χ3n) is 4.47. The van der Waals surface area contributed by atoms with Gasteiger partial charge in [-0.3, -0.25) is 14.3 Å². The van der Waals surface area contributed by atoms with Crippen LogP contribution in [0.1, 0.15) is 21.0 Å². The molecule has 0 fully saturated rings. The number of anilines is 2. The van der Waals surface area contributed by atoms with E-state index >= 15 is 0 Å². The van der Waals surface area contributed by atoms with E-state index in [4.69, 9.17) is 27.9 Å². The first kappa shape index (κ1) is 22.4. The Morgan fingerprint density at radius 3 is 2.21 bits per heavy atom. The molecule has 11 heteroatoms.